The van der Waals surface area contributed by atoms with Gasteiger partial charge in [-0.05, 0) is 62.3 Å². The molecule has 0 radical (unpaired) electrons. The van der Waals surface area contributed by atoms with Gasteiger partial charge in [-0.1, -0.05) is 23.7 Å². The van der Waals surface area contributed by atoms with Gasteiger partial charge in [0, 0.05) is 16.8 Å². The molecule has 21 heavy (non-hydrogen) atoms. The Morgan fingerprint density at radius 3 is 2.48 bits per heavy atom. The third kappa shape index (κ3) is 9.17. The van der Waals surface area contributed by atoms with Crippen molar-refractivity contribution in [3.8, 4) is 0 Å². The van der Waals surface area contributed by atoms with Gasteiger partial charge >= 0.3 is 0 Å². The van der Waals surface area contributed by atoms with Crippen molar-refractivity contribution in [1.29, 1.82) is 0 Å². The van der Waals surface area contributed by atoms with E-state index >= 15 is 0 Å². The van der Waals surface area contributed by atoms with Gasteiger partial charge in [-0.2, -0.15) is 11.8 Å². The van der Waals surface area contributed by atoms with Crippen LogP contribution in [-0.4, -0.2) is 31.4 Å². The highest BCUT2D eigenvalue weighted by molar-refractivity contribution is 7.98. The van der Waals surface area contributed by atoms with Crippen LogP contribution in [0.1, 0.15) is 24.8 Å². The molecule has 1 aliphatic rings. The predicted molar refractivity (Wildman–Crippen MR) is 101 cm³/mol. The largest absolute Gasteiger partial charge is 0.317 e. The summed E-state index contributed by atoms with van der Waals surface area (Å²) in [6, 6.07) is 8.90. The standard InChI is InChI=1S/C15H23ClN2S.2ClH/c16-14-4-2-13(3-5-14)12-19-11-1-8-18-15-6-9-17-10-7-15;;/h2-5,15,17-18H,1,6-12H2;2*1H. The number of rotatable bonds is 7. The molecule has 2 rings (SSSR count). The normalized spacial score (nSPS) is 15.1. The fourth-order valence-electron chi connectivity index (χ4n) is 2.28. The summed E-state index contributed by atoms with van der Waals surface area (Å²) in [6.07, 6.45) is 3.80. The summed E-state index contributed by atoms with van der Waals surface area (Å²) in [6.45, 7) is 3.49. The lowest BCUT2D eigenvalue weighted by molar-refractivity contribution is 0.389. The van der Waals surface area contributed by atoms with Crippen LogP contribution in [0.4, 0.5) is 0 Å². The zero-order chi connectivity index (χ0) is 13.3. The van der Waals surface area contributed by atoms with Crippen molar-refractivity contribution in [2.45, 2.75) is 31.1 Å². The first-order chi connectivity index (χ1) is 9.34. The van der Waals surface area contributed by atoms with Crippen LogP contribution < -0.4 is 10.6 Å². The lowest BCUT2D eigenvalue weighted by Crippen LogP contribution is -2.40. The van der Waals surface area contributed by atoms with E-state index < -0.39 is 0 Å². The fraction of sp³-hybridized carbons (Fsp3) is 0.600. The van der Waals surface area contributed by atoms with Gasteiger partial charge in [-0.15, -0.1) is 24.8 Å². The Morgan fingerprint density at radius 1 is 1.14 bits per heavy atom. The lowest BCUT2D eigenvalue weighted by Gasteiger charge is -2.23. The van der Waals surface area contributed by atoms with Crippen molar-refractivity contribution in [2.24, 2.45) is 0 Å². The molecule has 2 nitrogen and oxygen atoms in total. The molecule has 0 bridgehead atoms. The first kappa shape index (κ1) is 21.4. The van der Waals surface area contributed by atoms with E-state index in [0.717, 1.165) is 23.4 Å². The van der Waals surface area contributed by atoms with Crippen LogP contribution in [0.5, 0.6) is 0 Å². The smallest absolute Gasteiger partial charge is 0.0406 e. The topological polar surface area (TPSA) is 24.1 Å². The van der Waals surface area contributed by atoms with E-state index in [1.54, 1.807) is 0 Å². The summed E-state index contributed by atoms with van der Waals surface area (Å²) in [5.74, 6) is 2.31. The Bertz CT molecular complexity index is 356. The highest BCUT2D eigenvalue weighted by Gasteiger charge is 2.10. The van der Waals surface area contributed by atoms with E-state index in [9.17, 15) is 0 Å². The maximum absolute atomic E-state index is 5.87. The Morgan fingerprint density at radius 2 is 1.81 bits per heavy atom. The van der Waals surface area contributed by atoms with Crippen LogP contribution >= 0.6 is 48.2 Å². The van der Waals surface area contributed by atoms with E-state index in [1.807, 2.05) is 23.9 Å². The molecule has 2 N–H and O–H groups in total. The minimum atomic E-state index is 0. The molecule has 1 heterocycles. The number of nitrogens with one attached hydrogen (secondary N) is 2. The minimum absolute atomic E-state index is 0. The molecule has 122 valence electrons. The molecule has 0 aromatic heterocycles. The van der Waals surface area contributed by atoms with Crippen molar-refractivity contribution in [1.82, 2.24) is 10.6 Å². The second-order valence-electron chi connectivity index (χ2n) is 5.01. The molecule has 0 unspecified atom stereocenters. The summed E-state index contributed by atoms with van der Waals surface area (Å²) in [7, 11) is 0. The number of hydrogen-bond acceptors (Lipinski definition) is 3. The maximum atomic E-state index is 5.87. The molecule has 0 aliphatic carbocycles. The molecule has 1 fully saturated rings. The van der Waals surface area contributed by atoms with Crippen LogP contribution in [0.15, 0.2) is 24.3 Å². The maximum Gasteiger partial charge on any atom is 0.0406 e. The monoisotopic (exact) mass is 370 g/mol. The van der Waals surface area contributed by atoms with Crippen molar-refractivity contribution in [3.63, 3.8) is 0 Å². The first-order valence-electron chi connectivity index (χ1n) is 7.11. The average molecular weight is 372 g/mol. The highest BCUT2D eigenvalue weighted by Crippen LogP contribution is 2.15. The Kier molecular flexibility index (Phi) is 13.1. The third-order valence-corrected chi connectivity index (χ3v) is 4.79. The first-order valence-corrected chi connectivity index (χ1v) is 8.64. The van der Waals surface area contributed by atoms with E-state index in [4.69, 9.17) is 11.6 Å². The van der Waals surface area contributed by atoms with Crippen molar-refractivity contribution >= 4 is 48.2 Å². The summed E-state index contributed by atoms with van der Waals surface area (Å²) in [5, 5.41) is 7.87. The molecule has 0 atom stereocenters. The molecule has 1 aromatic carbocycles. The van der Waals surface area contributed by atoms with Gasteiger partial charge in [0.05, 0.1) is 0 Å². The van der Waals surface area contributed by atoms with Gasteiger partial charge in [0.1, 0.15) is 0 Å². The van der Waals surface area contributed by atoms with E-state index in [2.05, 4.69) is 22.8 Å². The fourth-order valence-corrected chi connectivity index (χ4v) is 3.32. The van der Waals surface area contributed by atoms with Crippen LogP contribution in [0.25, 0.3) is 0 Å². The highest BCUT2D eigenvalue weighted by atomic mass is 35.5. The number of benzene rings is 1. The van der Waals surface area contributed by atoms with Gasteiger partial charge in [0.2, 0.25) is 0 Å². The molecule has 0 spiro atoms. The summed E-state index contributed by atoms with van der Waals surface area (Å²) >= 11 is 7.87. The van der Waals surface area contributed by atoms with Gasteiger partial charge < -0.3 is 10.6 Å². The van der Waals surface area contributed by atoms with E-state index in [1.165, 1.54) is 43.7 Å². The van der Waals surface area contributed by atoms with Gasteiger partial charge in [-0.25, -0.2) is 0 Å². The van der Waals surface area contributed by atoms with Crippen LogP contribution in [0.2, 0.25) is 5.02 Å². The second kappa shape index (κ2) is 12.9. The molecule has 0 saturated carbocycles. The zero-order valence-electron chi connectivity index (χ0n) is 12.1. The number of hydrogen-bond donors (Lipinski definition) is 2. The van der Waals surface area contributed by atoms with E-state index in [-0.39, 0.29) is 24.8 Å². The van der Waals surface area contributed by atoms with Crippen LogP contribution in [-0.2, 0) is 5.75 Å². The second-order valence-corrected chi connectivity index (χ2v) is 6.55. The molecule has 1 saturated heterocycles. The minimum Gasteiger partial charge on any atom is -0.317 e. The Hall–Kier alpha value is 0.360. The quantitative estimate of drug-likeness (QED) is 0.704. The van der Waals surface area contributed by atoms with Crippen LogP contribution in [0.3, 0.4) is 0 Å². The van der Waals surface area contributed by atoms with Crippen molar-refractivity contribution < 1.29 is 0 Å². The van der Waals surface area contributed by atoms with E-state index in [0.29, 0.717) is 0 Å². The zero-order valence-corrected chi connectivity index (χ0v) is 15.4. The number of piperidine rings is 1. The number of halogens is 3. The average Bonchev–Trinajstić information content (AvgIpc) is 2.46. The molecular formula is C15H25Cl3N2S. The molecule has 6 heteroatoms. The summed E-state index contributed by atoms with van der Waals surface area (Å²) in [4.78, 5) is 0. The lowest BCUT2D eigenvalue weighted by atomic mass is 10.1. The van der Waals surface area contributed by atoms with Gasteiger partial charge in [0.15, 0.2) is 0 Å². The predicted octanol–water partition coefficient (Wildman–Crippen LogP) is 4.15. The molecule has 0 amide bonds. The Balaban J connectivity index is 0.00000200. The Labute approximate surface area is 150 Å². The van der Waals surface area contributed by atoms with Crippen molar-refractivity contribution in [2.75, 3.05) is 25.4 Å². The molecule has 1 aromatic rings. The third-order valence-electron chi connectivity index (χ3n) is 3.42. The summed E-state index contributed by atoms with van der Waals surface area (Å²) in [5.41, 5.74) is 1.36. The number of thioether (sulfide) groups is 1. The van der Waals surface area contributed by atoms with Gasteiger partial charge in [-0.3, -0.25) is 0 Å². The van der Waals surface area contributed by atoms with Crippen LogP contribution in [0, 0.1) is 0 Å². The molecular weight excluding hydrogens is 347 g/mol. The molecule has 1 aliphatic heterocycles. The van der Waals surface area contributed by atoms with Crippen molar-refractivity contribution in [3.05, 3.63) is 34.9 Å². The van der Waals surface area contributed by atoms with Gasteiger partial charge in [0.25, 0.3) is 0 Å². The SMILES string of the molecule is Cl.Cl.Clc1ccc(CSCCCNC2CCNCC2)cc1. The summed E-state index contributed by atoms with van der Waals surface area (Å²) < 4.78 is 0.